The third-order valence-electron chi connectivity index (χ3n) is 6.11. The first-order valence-electron chi connectivity index (χ1n) is 10.9. The number of nitrogens with zero attached hydrogens (tertiary/aromatic N) is 1. The molecule has 160 valence electrons. The summed E-state index contributed by atoms with van der Waals surface area (Å²) >= 11 is 0. The average Bonchev–Trinajstić information content (AvgIpc) is 3.47. The van der Waals surface area contributed by atoms with Gasteiger partial charge < -0.3 is 10.2 Å². The molecule has 2 aromatic rings. The third-order valence-corrected chi connectivity index (χ3v) is 6.11. The number of aryl methyl sites for hydroxylation is 1. The molecule has 7 heteroatoms. The van der Waals surface area contributed by atoms with Crippen LogP contribution < -0.4 is 10.2 Å². The van der Waals surface area contributed by atoms with Crippen molar-refractivity contribution in [1.82, 2.24) is 0 Å². The van der Waals surface area contributed by atoms with E-state index in [1.807, 2.05) is 0 Å². The predicted octanol–water partition coefficient (Wildman–Crippen LogP) is 5.68. The van der Waals surface area contributed by atoms with Crippen molar-refractivity contribution in [3.8, 4) is 0 Å². The van der Waals surface area contributed by atoms with E-state index in [0.717, 1.165) is 5.56 Å². The molecule has 0 radical (unpaired) electrons. The topological polar surface area (TPSA) is 32.3 Å². The fraction of sp³-hybridized carbons (Fsp3) is 0.435. The maximum Gasteiger partial charge on any atom is 0.395 e. The lowest BCUT2D eigenvalue weighted by atomic mass is 9.91. The molecule has 0 atom stereocenters. The zero-order valence-corrected chi connectivity index (χ0v) is 16.8. The Bertz CT molecular complexity index is 1060. The van der Waals surface area contributed by atoms with Gasteiger partial charge in [-0.25, -0.2) is 4.39 Å². The van der Waals surface area contributed by atoms with Crippen LogP contribution in [0.1, 0.15) is 44.3 Å². The number of hydrogen-bond acceptors (Lipinski definition) is 2. The smallest absolute Gasteiger partial charge is 0.367 e. The van der Waals surface area contributed by atoms with Gasteiger partial charge in [0.1, 0.15) is 5.82 Å². The molecule has 2 aromatic carbocycles. The van der Waals surface area contributed by atoms with Gasteiger partial charge in [-0.05, 0) is 79.6 Å². The lowest BCUT2D eigenvalue weighted by molar-refractivity contribution is -0.189. The Morgan fingerprint density at radius 2 is 1.90 bits per heavy atom. The van der Waals surface area contributed by atoms with E-state index in [9.17, 15) is 22.4 Å². The van der Waals surface area contributed by atoms with Crippen molar-refractivity contribution < 1.29 is 25.1 Å². The Labute approximate surface area is 175 Å². The van der Waals surface area contributed by atoms with Gasteiger partial charge >= 0.3 is 6.18 Å². The van der Waals surface area contributed by atoms with Crippen LogP contribution in [0.5, 0.6) is 0 Å². The fourth-order valence-electron chi connectivity index (χ4n) is 4.08. The number of rotatable bonds is 4. The van der Waals surface area contributed by atoms with Gasteiger partial charge in [0.2, 0.25) is 5.91 Å². The van der Waals surface area contributed by atoms with Gasteiger partial charge in [0.15, 0.2) is 0 Å². The highest BCUT2D eigenvalue weighted by molar-refractivity contribution is 5.93. The summed E-state index contributed by atoms with van der Waals surface area (Å²) in [6, 6.07) is 7.26. The maximum atomic E-state index is 13.3. The zero-order valence-electron chi connectivity index (χ0n) is 18.8. The van der Waals surface area contributed by atoms with Crippen LogP contribution in [0.25, 0.3) is 0 Å². The number of alkyl halides is 3. The summed E-state index contributed by atoms with van der Waals surface area (Å²) in [6.07, 6.45) is -4.60. The summed E-state index contributed by atoms with van der Waals surface area (Å²) in [5, 5.41) is 2.66. The number of carbonyl (C=O) groups is 1. The molecule has 30 heavy (non-hydrogen) atoms. The second-order valence-corrected chi connectivity index (χ2v) is 8.21. The molecule has 3 nitrogen and oxygen atoms in total. The van der Waals surface area contributed by atoms with Crippen molar-refractivity contribution in [1.29, 1.82) is 0 Å². The summed E-state index contributed by atoms with van der Waals surface area (Å²) in [5.41, 5.74) is 1.49. The normalized spacial score (nSPS) is 20.1. The number of amides is 1. The number of nitrogens with one attached hydrogen (secondary N) is 1. The monoisotopic (exact) mass is 422 g/mol. The molecule has 4 rings (SSSR count). The predicted molar refractivity (Wildman–Crippen MR) is 108 cm³/mol. The number of hydrogen-bond donors (Lipinski definition) is 1. The SMILES string of the molecule is [2H]C1([2H])c2cc(C)c(NC(=O)CC3(C(F)(F)F)CC3)c(C)c2CCN1c1ccc(F)cc1. The molecule has 0 saturated heterocycles. The zero-order chi connectivity index (χ0) is 23.5. The van der Waals surface area contributed by atoms with E-state index >= 15 is 0 Å². The molecule has 0 spiro atoms. The Hall–Kier alpha value is -2.57. The van der Waals surface area contributed by atoms with Crippen LogP contribution >= 0.6 is 0 Å². The number of carbonyl (C=O) groups excluding carboxylic acids is 1. The lowest BCUT2D eigenvalue weighted by Crippen LogP contribution is -2.32. The van der Waals surface area contributed by atoms with Gasteiger partial charge in [-0.3, -0.25) is 4.79 Å². The van der Waals surface area contributed by atoms with E-state index in [4.69, 9.17) is 2.74 Å². The standard InChI is InChI=1S/C23H24F4N2O/c1-14-11-16-13-29(18-5-3-17(24)4-6-18)10-7-19(16)15(2)21(14)28-20(30)12-22(8-9-22)23(25,26)27/h3-6,11H,7-10,12-13H2,1-2H3,(H,28,30)/i13D2. The van der Waals surface area contributed by atoms with E-state index in [-0.39, 0.29) is 12.8 Å². The quantitative estimate of drug-likeness (QED) is 0.644. The molecule has 2 aliphatic rings. The number of benzene rings is 2. The minimum absolute atomic E-state index is 0.0362. The molecule has 1 saturated carbocycles. The van der Waals surface area contributed by atoms with Crippen molar-refractivity contribution in [3.05, 3.63) is 58.4 Å². The minimum atomic E-state index is -4.40. The first-order valence-corrected chi connectivity index (χ1v) is 9.89. The van der Waals surface area contributed by atoms with Crippen LogP contribution in [0.2, 0.25) is 0 Å². The van der Waals surface area contributed by atoms with Crippen molar-refractivity contribution in [2.75, 3.05) is 16.8 Å². The van der Waals surface area contributed by atoms with E-state index < -0.39 is 36.2 Å². The number of anilines is 2. The summed E-state index contributed by atoms with van der Waals surface area (Å²) in [5.74, 6) is -1.09. The summed E-state index contributed by atoms with van der Waals surface area (Å²) in [6.45, 7) is 1.91. The molecule has 1 fully saturated rings. The summed E-state index contributed by atoms with van der Waals surface area (Å²) in [4.78, 5) is 14.0. The fourth-order valence-corrected chi connectivity index (χ4v) is 4.08. The Morgan fingerprint density at radius 1 is 1.23 bits per heavy atom. The first-order chi connectivity index (χ1) is 14.9. The van der Waals surface area contributed by atoms with Crippen LogP contribution in [-0.2, 0) is 17.7 Å². The second-order valence-electron chi connectivity index (χ2n) is 8.21. The van der Waals surface area contributed by atoms with Crippen LogP contribution in [0.3, 0.4) is 0 Å². The molecule has 1 amide bonds. The Balaban J connectivity index is 1.62. The highest BCUT2D eigenvalue weighted by atomic mass is 19.4. The molecule has 1 aliphatic heterocycles. The molecule has 1 heterocycles. The Morgan fingerprint density at radius 3 is 2.50 bits per heavy atom. The average molecular weight is 422 g/mol. The van der Waals surface area contributed by atoms with Crippen molar-refractivity contribution in [3.63, 3.8) is 0 Å². The van der Waals surface area contributed by atoms with Crippen molar-refractivity contribution in [2.45, 2.75) is 52.2 Å². The van der Waals surface area contributed by atoms with Crippen LogP contribution in [0, 0.1) is 25.1 Å². The molecule has 0 unspecified atom stereocenters. The number of halogens is 4. The highest BCUT2D eigenvalue weighted by Crippen LogP contribution is 2.60. The number of fused-ring (bicyclic) bond motifs is 1. The van der Waals surface area contributed by atoms with E-state index in [0.29, 0.717) is 41.0 Å². The van der Waals surface area contributed by atoms with Crippen LogP contribution in [-0.4, -0.2) is 18.6 Å². The van der Waals surface area contributed by atoms with Crippen molar-refractivity contribution in [2.24, 2.45) is 5.41 Å². The van der Waals surface area contributed by atoms with Gasteiger partial charge in [-0.2, -0.15) is 13.2 Å². The van der Waals surface area contributed by atoms with E-state index in [1.54, 1.807) is 24.8 Å². The largest absolute Gasteiger partial charge is 0.395 e. The van der Waals surface area contributed by atoms with Crippen molar-refractivity contribution >= 4 is 17.3 Å². The summed E-state index contributed by atoms with van der Waals surface area (Å²) in [7, 11) is 0. The molecule has 0 aromatic heterocycles. The third kappa shape index (κ3) is 3.77. The van der Waals surface area contributed by atoms with Crippen LogP contribution in [0.4, 0.5) is 28.9 Å². The van der Waals surface area contributed by atoms with E-state index in [1.165, 1.54) is 24.3 Å². The summed E-state index contributed by atoms with van der Waals surface area (Å²) < 4.78 is 70.4. The van der Waals surface area contributed by atoms with Gasteiger partial charge in [0.25, 0.3) is 0 Å². The van der Waals surface area contributed by atoms with Gasteiger partial charge in [-0.15, -0.1) is 0 Å². The molecule has 1 aliphatic carbocycles. The molecule has 0 bridgehead atoms. The Kier molecular flexibility index (Phi) is 4.43. The van der Waals surface area contributed by atoms with Gasteiger partial charge in [-0.1, -0.05) is 6.07 Å². The molecule has 1 N–H and O–H groups in total. The minimum Gasteiger partial charge on any atom is -0.367 e. The molecular formula is C23H24F4N2O. The lowest BCUT2D eigenvalue weighted by Gasteiger charge is -2.33. The first kappa shape index (κ1) is 18.2. The highest BCUT2D eigenvalue weighted by Gasteiger charge is 2.63. The van der Waals surface area contributed by atoms with Gasteiger partial charge in [0, 0.05) is 30.8 Å². The van der Waals surface area contributed by atoms with Gasteiger partial charge in [0.05, 0.1) is 8.16 Å². The second kappa shape index (κ2) is 7.29. The van der Waals surface area contributed by atoms with E-state index in [2.05, 4.69) is 5.32 Å². The maximum absolute atomic E-state index is 13.3. The molecular weight excluding hydrogens is 396 g/mol. The van der Waals surface area contributed by atoms with Crippen LogP contribution in [0.15, 0.2) is 30.3 Å².